The van der Waals surface area contributed by atoms with E-state index in [0.29, 0.717) is 11.9 Å². The van der Waals surface area contributed by atoms with Gasteiger partial charge in [0.2, 0.25) is 5.91 Å². The summed E-state index contributed by atoms with van der Waals surface area (Å²) >= 11 is 0. The van der Waals surface area contributed by atoms with Crippen LogP contribution in [-0.4, -0.2) is 46.3 Å². The van der Waals surface area contributed by atoms with Crippen molar-refractivity contribution in [3.05, 3.63) is 53.3 Å². The standard InChI is InChI=1S/C21H28N4O.ClH/c1-15-6-3-4-7-16(15)10-18-8-5-9-25(18)21(26)20-13-22-12-19(20)17-11-23-24(2)14-17;/h3-4,6-7,11,14,18-20,22H,5,8-10,12-13H2,1-2H3;1H/t18?,19-,20+;/m1./s1. The fraction of sp³-hybridized carbons (Fsp3) is 0.524. The van der Waals surface area contributed by atoms with Gasteiger partial charge in [-0.25, -0.2) is 0 Å². The van der Waals surface area contributed by atoms with Crippen molar-refractivity contribution in [2.24, 2.45) is 13.0 Å². The number of benzene rings is 1. The number of aromatic nitrogens is 2. The lowest BCUT2D eigenvalue weighted by Gasteiger charge is -2.29. The van der Waals surface area contributed by atoms with Crippen LogP contribution in [0.5, 0.6) is 0 Å². The van der Waals surface area contributed by atoms with Crippen LogP contribution in [0.3, 0.4) is 0 Å². The van der Waals surface area contributed by atoms with Gasteiger partial charge in [-0.05, 0) is 42.9 Å². The molecule has 5 nitrogen and oxygen atoms in total. The van der Waals surface area contributed by atoms with Crippen LogP contribution in [0.4, 0.5) is 0 Å². The van der Waals surface area contributed by atoms with Crippen molar-refractivity contribution in [2.45, 2.75) is 38.1 Å². The molecule has 0 aliphatic carbocycles. The Kier molecular flexibility index (Phi) is 6.22. The van der Waals surface area contributed by atoms with Gasteiger partial charge in [-0.3, -0.25) is 9.48 Å². The molecule has 1 unspecified atom stereocenters. The summed E-state index contributed by atoms with van der Waals surface area (Å²) in [6.45, 7) is 4.69. The van der Waals surface area contributed by atoms with Crippen LogP contribution >= 0.6 is 12.4 Å². The summed E-state index contributed by atoms with van der Waals surface area (Å²) in [4.78, 5) is 15.5. The molecule has 0 bridgehead atoms. The van der Waals surface area contributed by atoms with Crippen molar-refractivity contribution in [1.29, 1.82) is 0 Å². The third-order valence-corrected chi connectivity index (χ3v) is 6.06. The fourth-order valence-electron chi connectivity index (χ4n) is 4.56. The number of amides is 1. The third-order valence-electron chi connectivity index (χ3n) is 6.06. The van der Waals surface area contributed by atoms with E-state index in [0.717, 1.165) is 38.9 Å². The maximum atomic E-state index is 13.4. The summed E-state index contributed by atoms with van der Waals surface area (Å²) in [7, 11) is 1.93. The molecule has 1 amide bonds. The number of carbonyl (C=O) groups is 1. The van der Waals surface area contributed by atoms with Crippen LogP contribution in [-0.2, 0) is 18.3 Å². The average Bonchev–Trinajstić information content (AvgIpc) is 3.36. The highest BCUT2D eigenvalue weighted by Crippen LogP contribution is 2.32. The largest absolute Gasteiger partial charge is 0.339 e. The Hall–Kier alpha value is -1.85. The summed E-state index contributed by atoms with van der Waals surface area (Å²) < 4.78 is 1.83. The van der Waals surface area contributed by atoms with Crippen molar-refractivity contribution in [3.63, 3.8) is 0 Å². The minimum Gasteiger partial charge on any atom is -0.339 e. The van der Waals surface area contributed by atoms with Gasteiger partial charge in [0, 0.05) is 44.8 Å². The maximum Gasteiger partial charge on any atom is 0.227 e. The molecule has 1 aromatic carbocycles. The van der Waals surface area contributed by atoms with Crippen LogP contribution in [0, 0.1) is 12.8 Å². The van der Waals surface area contributed by atoms with Gasteiger partial charge in [0.1, 0.15) is 0 Å². The quantitative estimate of drug-likeness (QED) is 0.876. The average molecular weight is 389 g/mol. The smallest absolute Gasteiger partial charge is 0.227 e. The van der Waals surface area contributed by atoms with E-state index in [2.05, 4.69) is 46.5 Å². The first-order valence-corrected chi connectivity index (χ1v) is 9.67. The van der Waals surface area contributed by atoms with Crippen molar-refractivity contribution >= 4 is 18.3 Å². The van der Waals surface area contributed by atoms with E-state index < -0.39 is 0 Å². The van der Waals surface area contributed by atoms with Crippen molar-refractivity contribution in [1.82, 2.24) is 20.0 Å². The van der Waals surface area contributed by atoms with Crippen LogP contribution in [0.1, 0.15) is 35.4 Å². The highest BCUT2D eigenvalue weighted by Gasteiger charge is 2.40. The molecular formula is C21H29ClN4O. The summed E-state index contributed by atoms with van der Waals surface area (Å²) in [5.74, 6) is 0.576. The molecule has 0 spiro atoms. The summed E-state index contributed by atoms with van der Waals surface area (Å²) in [6.07, 6.45) is 7.15. The molecule has 1 aromatic heterocycles. The molecule has 2 aliphatic heterocycles. The van der Waals surface area contributed by atoms with Crippen molar-refractivity contribution < 1.29 is 4.79 Å². The lowest BCUT2D eigenvalue weighted by molar-refractivity contribution is -0.136. The lowest BCUT2D eigenvalue weighted by atomic mass is 9.89. The van der Waals surface area contributed by atoms with Gasteiger partial charge in [-0.2, -0.15) is 5.10 Å². The second kappa shape index (κ2) is 8.44. The molecule has 2 fully saturated rings. The van der Waals surface area contributed by atoms with Crippen LogP contribution in [0.25, 0.3) is 0 Å². The number of nitrogens with zero attached hydrogens (tertiary/aromatic N) is 3. The number of aryl methyl sites for hydroxylation is 2. The molecule has 3 atom stereocenters. The van der Waals surface area contributed by atoms with E-state index in [1.54, 1.807) is 0 Å². The molecule has 6 heteroatoms. The summed E-state index contributed by atoms with van der Waals surface area (Å²) in [5.41, 5.74) is 3.86. The molecule has 1 N–H and O–H groups in total. The van der Waals surface area contributed by atoms with E-state index in [1.165, 1.54) is 16.7 Å². The van der Waals surface area contributed by atoms with Gasteiger partial charge >= 0.3 is 0 Å². The Balaban J connectivity index is 0.00000210. The Morgan fingerprint density at radius 2 is 2.11 bits per heavy atom. The zero-order valence-electron chi connectivity index (χ0n) is 16.1. The highest BCUT2D eigenvalue weighted by molar-refractivity contribution is 5.85. The monoisotopic (exact) mass is 388 g/mol. The lowest BCUT2D eigenvalue weighted by Crippen LogP contribution is -2.42. The molecule has 27 heavy (non-hydrogen) atoms. The summed E-state index contributed by atoms with van der Waals surface area (Å²) in [6, 6.07) is 8.88. The third kappa shape index (κ3) is 4.04. The molecule has 4 rings (SSSR count). The predicted molar refractivity (Wildman–Crippen MR) is 109 cm³/mol. The molecule has 2 aromatic rings. The first-order valence-electron chi connectivity index (χ1n) is 9.67. The Morgan fingerprint density at radius 3 is 2.85 bits per heavy atom. The summed E-state index contributed by atoms with van der Waals surface area (Å²) in [5, 5.41) is 7.72. The van der Waals surface area contributed by atoms with Crippen molar-refractivity contribution in [2.75, 3.05) is 19.6 Å². The van der Waals surface area contributed by atoms with Crippen molar-refractivity contribution in [3.8, 4) is 0 Å². The number of halogens is 1. The van der Waals surface area contributed by atoms with Crippen LogP contribution in [0.2, 0.25) is 0 Å². The molecule has 2 saturated heterocycles. The Morgan fingerprint density at radius 1 is 1.30 bits per heavy atom. The molecule has 2 aliphatic rings. The van der Waals surface area contributed by atoms with Gasteiger partial charge in [-0.1, -0.05) is 24.3 Å². The normalized spacial score (nSPS) is 24.8. The van der Waals surface area contributed by atoms with E-state index in [1.807, 2.05) is 24.1 Å². The van der Waals surface area contributed by atoms with Gasteiger partial charge in [-0.15, -0.1) is 12.4 Å². The minimum atomic E-state index is 0. The Labute approximate surface area is 167 Å². The van der Waals surface area contributed by atoms with Gasteiger partial charge < -0.3 is 10.2 Å². The van der Waals surface area contributed by atoms with E-state index >= 15 is 0 Å². The molecule has 146 valence electrons. The molecule has 0 radical (unpaired) electrons. The number of rotatable bonds is 4. The number of likely N-dealkylation sites (tertiary alicyclic amines) is 1. The zero-order valence-corrected chi connectivity index (χ0v) is 16.9. The maximum absolute atomic E-state index is 13.4. The SMILES string of the molecule is Cc1ccccc1CC1CCCN1C(=O)[C@H]1CNC[C@@H]1c1cnn(C)c1.Cl. The van der Waals surface area contributed by atoms with E-state index in [9.17, 15) is 4.79 Å². The second-order valence-corrected chi connectivity index (χ2v) is 7.78. The van der Waals surface area contributed by atoms with Gasteiger partial charge in [0.15, 0.2) is 0 Å². The first kappa shape index (κ1) is 19.9. The number of carbonyl (C=O) groups excluding carboxylic acids is 1. The van der Waals surface area contributed by atoms with E-state index in [4.69, 9.17) is 0 Å². The molecule has 3 heterocycles. The molecular weight excluding hydrogens is 360 g/mol. The van der Waals surface area contributed by atoms with E-state index in [-0.39, 0.29) is 24.2 Å². The second-order valence-electron chi connectivity index (χ2n) is 7.78. The minimum absolute atomic E-state index is 0. The number of nitrogens with one attached hydrogen (secondary N) is 1. The van der Waals surface area contributed by atoms with Crippen LogP contribution in [0.15, 0.2) is 36.7 Å². The Bertz CT molecular complexity index is 790. The molecule has 0 saturated carbocycles. The number of hydrogen-bond acceptors (Lipinski definition) is 3. The zero-order chi connectivity index (χ0) is 18.1. The van der Waals surface area contributed by atoms with Crippen LogP contribution < -0.4 is 5.32 Å². The number of hydrogen-bond donors (Lipinski definition) is 1. The van der Waals surface area contributed by atoms with Gasteiger partial charge in [0.25, 0.3) is 0 Å². The fourth-order valence-corrected chi connectivity index (χ4v) is 4.56. The van der Waals surface area contributed by atoms with Gasteiger partial charge in [0.05, 0.1) is 12.1 Å². The predicted octanol–water partition coefficient (Wildman–Crippen LogP) is 2.69. The topological polar surface area (TPSA) is 50.2 Å². The highest BCUT2D eigenvalue weighted by atomic mass is 35.5. The first-order chi connectivity index (χ1) is 12.6.